The molecular weight excluding hydrogens is 304 g/mol. The number of hydrogen-bond donors (Lipinski definition) is 1. The molecule has 0 aliphatic heterocycles. The second-order valence-corrected chi connectivity index (χ2v) is 5.31. The lowest BCUT2D eigenvalue weighted by molar-refractivity contribution is -0.123. The Kier molecular flexibility index (Phi) is 4.52. The van der Waals surface area contributed by atoms with E-state index in [4.69, 9.17) is 4.74 Å². The summed E-state index contributed by atoms with van der Waals surface area (Å²) >= 11 is 0. The third-order valence-electron chi connectivity index (χ3n) is 3.54. The number of fused-ring (bicyclic) bond motifs is 1. The molecule has 24 heavy (non-hydrogen) atoms. The first kappa shape index (κ1) is 15.7. The molecule has 0 radical (unpaired) electrons. The van der Waals surface area contributed by atoms with Crippen molar-refractivity contribution in [3.8, 4) is 0 Å². The first-order valence-electron chi connectivity index (χ1n) is 7.55. The maximum Gasteiger partial charge on any atom is 0.357 e. The smallest absolute Gasteiger partial charge is 0.357 e. The van der Waals surface area contributed by atoms with Crippen molar-refractivity contribution in [2.24, 2.45) is 0 Å². The number of ether oxygens (including phenoxy) is 1. The number of amides is 1. The molecule has 1 heterocycles. The minimum atomic E-state index is -0.925. The van der Waals surface area contributed by atoms with E-state index in [1.807, 2.05) is 42.5 Å². The molecule has 0 spiro atoms. The lowest BCUT2D eigenvalue weighted by Crippen LogP contribution is -2.30. The SMILES string of the molecule is C[C@H](OC(=O)c1ccccn1)C(=O)Nc1ccc2ccccc2c1. The molecule has 1 aromatic heterocycles. The third kappa shape index (κ3) is 3.57. The molecule has 5 heteroatoms. The first-order valence-corrected chi connectivity index (χ1v) is 7.55. The second kappa shape index (κ2) is 6.91. The van der Waals surface area contributed by atoms with Crippen LogP contribution in [0, 0.1) is 0 Å². The van der Waals surface area contributed by atoms with Gasteiger partial charge in [0.2, 0.25) is 0 Å². The van der Waals surface area contributed by atoms with E-state index in [1.54, 1.807) is 12.1 Å². The van der Waals surface area contributed by atoms with Crippen LogP contribution in [-0.4, -0.2) is 23.0 Å². The van der Waals surface area contributed by atoms with Crippen LogP contribution >= 0.6 is 0 Å². The van der Waals surface area contributed by atoms with Gasteiger partial charge in [-0.25, -0.2) is 9.78 Å². The summed E-state index contributed by atoms with van der Waals surface area (Å²) in [4.78, 5) is 28.0. The maximum atomic E-state index is 12.2. The largest absolute Gasteiger partial charge is 0.448 e. The Hall–Kier alpha value is -3.21. The lowest BCUT2D eigenvalue weighted by Gasteiger charge is -2.13. The van der Waals surface area contributed by atoms with E-state index in [-0.39, 0.29) is 5.69 Å². The number of aromatic nitrogens is 1. The van der Waals surface area contributed by atoms with Crippen molar-refractivity contribution in [2.45, 2.75) is 13.0 Å². The van der Waals surface area contributed by atoms with Crippen molar-refractivity contribution >= 4 is 28.3 Å². The number of carbonyl (C=O) groups is 2. The van der Waals surface area contributed by atoms with Crippen molar-refractivity contribution in [2.75, 3.05) is 5.32 Å². The minimum Gasteiger partial charge on any atom is -0.448 e. The van der Waals surface area contributed by atoms with Gasteiger partial charge in [-0.15, -0.1) is 0 Å². The number of anilines is 1. The molecule has 3 rings (SSSR count). The highest BCUT2D eigenvalue weighted by Crippen LogP contribution is 2.19. The van der Waals surface area contributed by atoms with Gasteiger partial charge in [-0.3, -0.25) is 4.79 Å². The molecule has 0 aliphatic carbocycles. The third-order valence-corrected chi connectivity index (χ3v) is 3.54. The van der Waals surface area contributed by atoms with Gasteiger partial charge in [0, 0.05) is 11.9 Å². The van der Waals surface area contributed by atoms with Gasteiger partial charge in [0.25, 0.3) is 5.91 Å². The average Bonchev–Trinajstić information content (AvgIpc) is 2.62. The van der Waals surface area contributed by atoms with Crippen molar-refractivity contribution in [3.05, 3.63) is 72.6 Å². The lowest BCUT2D eigenvalue weighted by atomic mass is 10.1. The summed E-state index contributed by atoms with van der Waals surface area (Å²) in [5.74, 6) is -1.02. The maximum absolute atomic E-state index is 12.2. The molecule has 5 nitrogen and oxygen atoms in total. The summed E-state index contributed by atoms with van der Waals surface area (Å²) in [5, 5.41) is 4.86. The summed E-state index contributed by atoms with van der Waals surface area (Å²) in [6.07, 6.45) is 0.571. The molecule has 0 bridgehead atoms. The quantitative estimate of drug-likeness (QED) is 0.748. The fourth-order valence-electron chi connectivity index (χ4n) is 2.27. The number of rotatable bonds is 4. The standard InChI is InChI=1S/C19H16N2O3/c1-13(24-19(23)17-8-4-5-11-20-17)18(22)21-16-10-9-14-6-2-3-7-15(14)12-16/h2-13H,1H3,(H,21,22)/t13-/m0/s1. The van der Waals surface area contributed by atoms with Crippen LogP contribution in [0.2, 0.25) is 0 Å². The summed E-state index contributed by atoms with van der Waals surface area (Å²) < 4.78 is 5.14. The normalized spacial score (nSPS) is 11.7. The van der Waals surface area contributed by atoms with Gasteiger partial charge < -0.3 is 10.1 Å². The predicted molar refractivity (Wildman–Crippen MR) is 91.7 cm³/mol. The first-order chi connectivity index (χ1) is 11.6. The Balaban J connectivity index is 1.66. The van der Waals surface area contributed by atoms with E-state index in [2.05, 4.69) is 10.3 Å². The van der Waals surface area contributed by atoms with Gasteiger partial charge in [0.1, 0.15) is 5.69 Å². The monoisotopic (exact) mass is 320 g/mol. The topological polar surface area (TPSA) is 68.3 Å². The van der Waals surface area contributed by atoms with E-state index in [0.717, 1.165) is 10.8 Å². The molecule has 0 saturated heterocycles. The minimum absolute atomic E-state index is 0.169. The number of benzene rings is 2. The highest BCUT2D eigenvalue weighted by Gasteiger charge is 2.19. The van der Waals surface area contributed by atoms with E-state index in [0.29, 0.717) is 5.69 Å². The van der Waals surface area contributed by atoms with Crippen LogP contribution < -0.4 is 5.32 Å². The van der Waals surface area contributed by atoms with Crippen LogP contribution in [0.4, 0.5) is 5.69 Å². The molecule has 1 N–H and O–H groups in total. The van der Waals surface area contributed by atoms with Gasteiger partial charge in [0.05, 0.1) is 0 Å². The van der Waals surface area contributed by atoms with Crippen LogP contribution in [0.15, 0.2) is 66.9 Å². The fraction of sp³-hybridized carbons (Fsp3) is 0.105. The van der Waals surface area contributed by atoms with Gasteiger partial charge in [-0.1, -0.05) is 36.4 Å². The van der Waals surface area contributed by atoms with Gasteiger partial charge in [-0.05, 0) is 42.0 Å². The summed E-state index contributed by atoms with van der Waals surface area (Å²) in [5.41, 5.74) is 0.822. The molecule has 1 atom stereocenters. The van der Waals surface area contributed by atoms with Crippen LogP contribution in [0.3, 0.4) is 0 Å². The van der Waals surface area contributed by atoms with Gasteiger partial charge >= 0.3 is 5.97 Å². The molecule has 120 valence electrons. The molecule has 3 aromatic rings. The van der Waals surface area contributed by atoms with Crippen molar-refractivity contribution < 1.29 is 14.3 Å². The van der Waals surface area contributed by atoms with Crippen molar-refractivity contribution in [1.82, 2.24) is 4.98 Å². The van der Waals surface area contributed by atoms with Crippen molar-refractivity contribution in [1.29, 1.82) is 0 Å². The number of carbonyl (C=O) groups excluding carboxylic acids is 2. The number of hydrogen-bond acceptors (Lipinski definition) is 4. The zero-order valence-corrected chi connectivity index (χ0v) is 13.1. The van der Waals surface area contributed by atoms with Crippen LogP contribution in [0.5, 0.6) is 0 Å². The Bertz CT molecular complexity index is 878. The second-order valence-electron chi connectivity index (χ2n) is 5.31. The van der Waals surface area contributed by atoms with Crippen LogP contribution in [-0.2, 0) is 9.53 Å². The molecular formula is C19H16N2O3. The number of nitrogens with zero attached hydrogens (tertiary/aromatic N) is 1. The predicted octanol–water partition coefficient (Wildman–Crippen LogP) is 3.42. The molecule has 0 fully saturated rings. The molecule has 0 unspecified atom stereocenters. The summed E-state index contributed by atoms with van der Waals surface area (Å²) in [7, 11) is 0. The molecule has 1 amide bonds. The zero-order valence-electron chi connectivity index (χ0n) is 13.1. The Labute approximate surface area is 139 Å². The van der Waals surface area contributed by atoms with Gasteiger partial charge in [0.15, 0.2) is 6.10 Å². The summed E-state index contributed by atoms with van der Waals surface area (Å²) in [6.45, 7) is 1.53. The van der Waals surface area contributed by atoms with E-state index in [1.165, 1.54) is 19.2 Å². The molecule has 2 aromatic carbocycles. The Morgan fingerprint density at radius 3 is 2.50 bits per heavy atom. The van der Waals surface area contributed by atoms with Gasteiger partial charge in [-0.2, -0.15) is 0 Å². The van der Waals surface area contributed by atoms with E-state index < -0.39 is 18.0 Å². The van der Waals surface area contributed by atoms with Crippen LogP contribution in [0.25, 0.3) is 10.8 Å². The number of esters is 1. The Morgan fingerprint density at radius 1 is 1.00 bits per heavy atom. The summed E-state index contributed by atoms with van der Waals surface area (Å²) in [6, 6.07) is 18.4. The molecule has 0 aliphatic rings. The average molecular weight is 320 g/mol. The van der Waals surface area contributed by atoms with Crippen molar-refractivity contribution in [3.63, 3.8) is 0 Å². The Morgan fingerprint density at radius 2 is 1.75 bits per heavy atom. The zero-order chi connectivity index (χ0) is 16.9. The fourth-order valence-corrected chi connectivity index (χ4v) is 2.27. The number of nitrogens with one attached hydrogen (secondary N) is 1. The highest BCUT2D eigenvalue weighted by molar-refractivity contribution is 5.98. The molecule has 0 saturated carbocycles. The van der Waals surface area contributed by atoms with E-state index >= 15 is 0 Å². The van der Waals surface area contributed by atoms with Crippen LogP contribution in [0.1, 0.15) is 17.4 Å². The van der Waals surface area contributed by atoms with E-state index in [9.17, 15) is 9.59 Å². The number of pyridine rings is 1. The highest BCUT2D eigenvalue weighted by atomic mass is 16.5.